The average molecular weight is 432 g/mol. The number of nitrogens with one attached hydrogen (secondary N) is 3. The van der Waals surface area contributed by atoms with Crippen LogP contribution in [0.5, 0.6) is 0 Å². The normalized spacial score (nSPS) is 29.5. The van der Waals surface area contributed by atoms with Crippen molar-refractivity contribution in [2.45, 2.75) is 55.9 Å². The van der Waals surface area contributed by atoms with Gasteiger partial charge in [0.25, 0.3) is 0 Å². The fraction of sp³-hybridized carbons (Fsp3) is 0.765. The Labute approximate surface area is 172 Å². The number of methoxy groups -OCH3 is 1. The predicted molar refractivity (Wildman–Crippen MR) is 98.4 cm³/mol. The topological polar surface area (TPSA) is 199 Å². The van der Waals surface area contributed by atoms with Gasteiger partial charge in [-0.3, -0.25) is 19.2 Å². The second-order valence-corrected chi connectivity index (χ2v) is 7.29. The number of ether oxygens (including phenoxy) is 3. The highest BCUT2D eigenvalue weighted by Crippen LogP contribution is 2.35. The van der Waals surface area contributed by atoms with Crippen LogP contribution in [0, 0.1) is 0 Å². The summed E-state index contributed by atoms with van der Waals surface area (Å²) >= 11 is 0. The Bertz CT molecular complexity index is 670. The van der Waals surface area contributed by atoms with E-state index in [1.165, 1.54) is 14.0 Å². The molecule has 0 bridgehead atoms. The molecule has 30 heavy (non-hydrogen) atoms. The average Bonchev–Trinajstić information content (AvgIpc) is 3.43. The van der Waals surface area contributed by atoms with Gasteiger partial charge in [-0.15, -0.1) is 0 Å². The molecule has 5 unspecified atom stereocenters. The van der Waals surface area contributed by atoms with Gasteiger partial charge in [0, 0.05) is 14.0 Å². The van der Waals surface area contributed by atoms with E-state index in [0.717, 1.165) is 0 Å². The van der Waals surface area contributed by atoms with E-state index < -0.39 is 66.4 Å². The highest BCUT2D eigenvalue weighted by atomic mass is 16.6. The van der Waals surface area contributed by atoms with Gasteiger partial charge >= 0.3 is 0 Å². The van der Waals surface area contributed by atoms with Crippen molar-refractivity contribution in [2.75, 3.05) is 26.9 Å². The summed E-state index contributed by atoms with van der Waals surface area (Å²) in [6.07, 6.45) is -4.18. The van der Waals surface area contributed by atoms with Crippen molar-refractivity contribution < 1.29 is 43.6 Å². The van der Waals surface area contributed by atoms with Gasteiger partial charge < -0.3 is 46.1 Å². The van der Waals surface area contributed by atoms with Crippen molar-refractivity contribution in [3.8, 4) is 0 Å². The summed E-state index contributed by atoms with van der Waals surface area (Å²) in [6, 6.07) is -1.13. The van der Waals surface area contributed by atoms with E-state index in [1.54, 1.807) is 0 Å². The lowest BCUT2D eigenvalue weighted by atomic mass is 9.96. The van der Waals surface area contributed by atoms with E-state index in [9.17, 15) is 29.4 Å². The zero-order chi connectivity index (χ0) is 22.5. The lowest BCUT2D eigenvalue weighted by Crippen LogP contribution is -2.65. The number of primary amides is 1. The number of carbonyl (C=O) groups is 4. The predicted octanol–water partition coefficient (Wildman–Crippen LogP) is -4.15. The molecule has 5 atom stereocenters. The van der Waals surface area contributed by atoms with Crippen LogP contribution in [0.1, 0.15) is 19.8 Å². The Morgan fingerprint density at radius 1 is 1.23 bits per heavy atom. The van der Waals surface area contributed by atoms with Crippen molar-refractivity contribution in [1.82, 2.24) is 16.0 Å². The highest BCUT2D eigenvalue weighted by Gasteiger charge is 2.51. The summed E-state index contributed by atoms with van der Waals surface area (Å²) in [5, 5.41) is 28.0. The maximum absolute atomic E-state index is 12.3. The molecule has 13 heteroatoms. The van der Waals surface area contributed by atoms with Crippen LogP contribution in [0.25, 0.3) is 0 Å². The van der Waals surface area contributed by atoms with Gasteiger partial charge in [-0.1, -0.05) is 0 Å². The molecule has 1 saturated carbocycles. The molecule has 0 aromatic heterocycles. The van der Waals surface area contributed by atoms with Crippen LogP contribution in [-0.4, -0.2) is 96.9 Å². The van der Waals surface area contributed by atoms with Gasteiger partial charge in [0.2, 0.25) is 23.6 Å². The third-order valence-corrected chi connectivity index (χ3v) is 4.79. The van der Waals surface area contributed by atoms with Crippen molar-refractivity contribution >= 4 is 23.6 Å². The number of hydrogen-bond acceptors (Lipinski definition) is 9. The molecule has 7 N–H and O–H groups in total. The fourth-order valence-corrected chi connectivity index (χ4v) is 3.17. The fourth-order valence-electron chi connectivity index (χ4n) is 3.17. The smallest absolute Gasteiger partial charge is 0.246 e. The molecule has 2 aliphatic rings. The molecule has 1 saturated heterocycles. The third kappa shape index (κ3) is 6.09. The molecule has 1 aliphatic heterocycles. The van der Waals surface area contributed by atoms with E-state index in [4.69, 9.17) is 19.9 Å². The number of nitrogens with two attached hydrogens (primary N) is 1. The minimum atomic E-state index is -1.50. The first-order valence-electron chi connectivity index (χ1n) is 9.36. The molecular weight excluding hydrogens is 404 g/mol. The van der Waals surface area contributed by atoms with E-state index in [0.29, 0.717) is 12.8 Å². The first kappa shape index (κ1) is 24.0. The molecule has 0 spiro atoms. The molecule has 170 valence electrons. The Morgan fingerprint density at radius 2 is 1.90 bits per heavy atom. The monoisotopic (exact) mass is 432 g/mol. The molecule has 4 amide bonds. The Hall–Kier alpha value is -2.32. The zero-order valence-electron chi connectivity index (χ0n) is 16.8. The second-order valence-electron chi connectivity index (χ2n) is 7.29. The molecule has 0 aromatic rings. The summed E-state index contributed by atoms with van der Waals surface area (Å²) in [5.41, 5.74) is 3.85. The Balaban J connectivity index is 1.97. The minimum absolute atomic E-state index is 0.0553. The van der Waals surface area contributed by atoms with Gasteiger partial charge in [0.15, 0.2) is 6.29 Å². The number of hydrogen-bond donors (Lipinski definition) is 6. The maximum Gasteiger partial charge on any atom is 0.246 e. The van der Waals surface area contributed by atoms with Crippen LogP contribution in [0.2, 0.25) is 0 Å². The third-order valence-electron chi connectivity index (χ3n) is 4.79. The zero-order valence-corrected chi connectivity index (χ0v) is 16.8. The molecule has 13 nitrogen and oxygen atoms in total. The summed E-state index contributed by atoms with van der Waals surface area (Å²) in [5.74, 6) is -2.40. The molecule has 2 fully saturated rings. The highest BCUT2D eigenvalue weighted by molar-refractivity contribution is 5.96. The standard InChI is InChI=1S/C17H28N4O9/c1-8(22)20-12-14(13(25)9(6-28-2)30-15(12)26)29-7-11(24)21-17(3-4-17)16(27)19-5-10(18)23/h9,12-15,25-26H,3-7H2,1-2H3,(H2,18,23)(H,19,27)(H,20,22)(H,21,24). The van der Waals surface area contributed by atoms with Gasteiger partial charge in [0.1, 0.15) is 36.5 Å². The summed E-state index contributed by atoms with van der Waals surface area (Å²) in [6.45, 7) is 0.249. The molecular formula is C17H28N4O9. The summed E-state index contributed by atoms with van der Waals surface area (Å²) in [7, 11) is 1.38. The Kier molecular flexibility index (Phi) is 8.09. The quantitative estimate of drug-likeness (QED) is 0.198. The lowest BCUT2D eigenvalue weighted by molar-refractivity contribution is -0.262. The van der Waals surface area contributed by atoms with E-state index in [-0.39, 0.29) is 13.2 Å². The largest absolute Gasteiger partial charge is 0.388 e. The molecule has 0 aromatic carbocycles. The van der Waals surface area contributed by atoms with E-state index >= 15 is 0 Å². The number of amides is 4. The SMILES string of the molecule is COCC1OC(O)C(NC(C)=O)C(OCC(=O)NC2(C(=O)NCC(N)=O)CC2)C1O. The molecule has 2 rings (SSSR count). The molecule has 1 aliphatic carbocycles. The summed E-state index contributed by atoms with van der Waals surface area (Å²) < 4.78 is 15.7. The van der Waals surface area contributed by atoms with Crippen molar-refractivity contribution in [1.29, 1.82) is 0 Å². The van der Waals surface area contributed by atoms with Gasteiger partial charge in [-0.2, -0.15) is 0 Å². The van der Waals surface area contributed by atoms with Crippen LogP contribution in [0.3, 0.4) is 0 Å². The minimum Gasteiger partial charge on any atom is -0.388 e. The van der Waals surface area contributed by atoms with Crippen molar-refractivity contribution in [2.24, 2.45) is 5.73 Å². The number of carbonyl (C=O) groups excluding carboxylic acids is 4. The van der Waals surface area contributed by atoms with Crippen LogP contribution < -0.4 is 21.7 Å². The van der Waals surface area contributed by atoms with Crippen LogP contribution in [-0.2, 0) is 33.4 Å². The number of rotatable bonds is 10. The van der Waals surface area contributed by atoms with Gasteiger partial charge in [-0.25, -0.2) is 0 Å². The van der Waals surface area contributed by atoms with Gasteiger partial charge in [0.05, 0.1) is 13.2 Å². The number of aliphatic hydroxyl groups is 2. The second kappa shape index (κ2) is 10.1. The van der Waals surface area contributed by atoms with E-state index in [2.05, 4.69) is 16.0 Å². The van der Waals surface area contributed by atoms with Crippen LogP contribution in [0.4, 0.5) is 0 Å². The lowest BCUT2D eigenvalue weighted by Gasteiger charge is -2.42. The maximum atomic E-state index is 12.3. The molecule has 1 heterocycles. The Morgan fingerprint density at radius 3 is 2.43 bits per heavy atom. The van der Waals surface area contributed by atoms with Crippen molar-refractivity contribution in [3.63, 3.8) is 0 Å². The first-order valence-corrected chi connectivity index (χ1v) is 9.36. The van der Waals surface area contributed by atoms with Gasteiger partial charge in [-0.05, 0) is 12.8 Å². The van der Waals surface area contributed by atoms with Crippen molar-refractivity contribution in [3.05, 3.63) is 0 Å². The summed E-state index contributed by atoms with van der Waals surface area (Å²) in [4.78, 5) is 46.7. The van der Waals surface area contributed by atoms with Crippen LogP contribution >= 0.6 is 0 Å². The molecule has 0 radical (unpaired) electrons. The van der Waals surface area contributed by atoms with E-state index in [1.807, 2.05) is 0 Å². The van der Waals surface area contributed by atoms with Crippen LogP contribution in [0.15, 0.2) is 0 Å². The number of aliphatic hydroxyl groups excluding tert-OH is 2. The first-order chi connectivity index (χ1) is 14.1.